The first kappa shape index (κ1) is 74.8. The van der Waals surface area contributed by atoms with Crippen LogP contribution in [0.4, 0.5) is 17.8 Å². The summed E-state index contributed by atoms with van der Waals surface area (Å²) in [4.78, 5) is 56.5. The summed E-state index contributed by atoms with van der Waals surface area (Å²) >= 11 is 0. The van der Waals surface area contributed by atoms with Crippen LogP contribution in [-0.4, -0.2) is 96.9 Å². The highest BCUT2D eigenvalue weighted by Crippen LogP contribution is 2.48. The second-order valence-electron chi connectivity index (χ2n) is 27.0. The molecule has 0 aromatic carbocycles. The molecule has 98 heavy (non-hydrogen) atoms. The first-order valence-electron chi connectivity index (χ1n) is 33.0. The minimum atomic E-state index is -0.292. The lowest BCUT2D eigenvalue weighted by molar-refractivity contribution is -0.112. The van der Waals surface area contributed by atoms with E-state index in [1.807, 2.05) is 132 Å². The Labute approximate surface area is 577 Å². The molecule has 22 nitrogen and oxygen atoms in total. The molecule has 3 atom stereocenters. The fraction of sp³-hybridized carbons (Fsp3) is 0.368. The quantitative estimate of drug-likeness (QED) is 0.0386. The average molecular weight is 1320 g/mol. The number of allylic oxidation sites excluding steroid dienone is 27. The van der Waals surface area contributed by atoms with Crippen LogP contribution < -0.4 is 16.0 Å². The summed E-state index contributed by atoms with van der Waals surface area (Å²) in [5.41, 5.74) is 14.7. The molecule has 514 valence electrons. The number of carbonyl (C=O) groups excluding carboxylic acids is 3. The van der Waals surface area contributed by atoms with Crippen molar-refractivity contribution in [3.63, 3.8) is 0 Å². The predicted molar refractivity (Wildman–Crippen MR) is 389 cm³/mol. The average Bonchev–Trinajstić information content (AvgIpc) is 1.29. The number of carbonyl (C=O) groups is 3. The fourth-order valence-corrected chi connectivity index (χ4v) is 12.2. The van der Waals surface area contributed by atoms with Gasteiger partial charge in [0.25, 0.3) is 17.7 Å². The summed E-state index contributed by atoms with van der Waals surface area (Å²) in [6.45, 7) is 32.5. The van der Waals surface area contributed by atoms with E-state index in [1.165, 1.54) is 75.1 Å². The van der Waals surface area contributed by atoms with Crippen molar-refractivity contribution < 1.29 is 14.4 Å². The van der Waals surface area contributed by atoms with Gasteiger partial charge in [-0.3, -0.25) is 30.3 Å². The van der Waals surface area contributed by atoms with Crippen molar-refractivity contribution >= 4 is 35.6 Å². The molecule has 0 saturated heterocycles. The third kappa shape index (κ3) is 22.5. The van der Waals surface area contributed by atoms with Gasteiger partial charge in [0.2, 0.25) is 17.8 Å². The molecular weight excluding hydrogens is 1230 g/mol. The topological polar surface area (TPSA) is 265 Å². The number of anilines is 3. The predicted octanol–water partition coefficient (Wildman–Crippen LogP) is 15.4. The van der Waals surface area contributed by atoms with E-state index in [0.717, 1.165) is 72.0 Å². The van der Waals surface area contributed by atoms with Crippen LogP contribution in [0, 0.1) is 16.2 Å². The lowest BCUT2D eigenvalue weighted by Crippen LogP contribution is -2.25. The molecule has 6 heterocycles. The first-order valence-corrected chi connectivity index (χ1v) is 33.0. The maximum Gasteiger partial charge on any atom is 0.251 e. The number of amides is 3. The van der Waals surface area contributed by atoms with E-state index in [4.69, 9.17) is 0 Å². The van der Waals surface area contributed by atoms with Crippen molar-refractivity contribution in [1.29, 1.82) is 0 Å². The van der Waals surface area contributed by atoms with Gasteiger partial charge in [-0.15, -0.1) is 5.10 Å². The maximum absolute atomic E-state index is 12.1. The first-order chi connectivity index (χ1) is 46.7. The van der Waals surface area contributed by atoms with Gasteiger partial charge in [-0.25, -0.2) is 29.7 Å². The summed E-state index contributed by atoms with van der Waals surface area (Å²) in [5.74, 6) is -0.000170. The van der Waals surface area contributed by atoms with Gasteiger partial charge in [-0.05, 0) is 178 Å². The second kappa shape index (κ2) is 35.4. The van der Waals surface area contributed by atoms with Gasteiger partial charge in [-0.1, -0.05) is 155 Å². The van der Waals surface area contributed by atoms with Crippen LogP contribution in [0.2, 0.25) is 0 Å². The normalized spacial score (nSPS) is 19.7. The lowest BCUT2D eigenvalue weighted by atomic mass is 9.71. The zero-order chi connectivity index (χ0) is 71.0. The molecule has 3 amide bonds. The molecule has 3 unspecified atom stereocenters. The molecule has 4 N–H and O–H groups in total. The standard InChI is InChI=1S/C26H32N6O.C25H33N7O.C25H32N6O/c1-19(7-6-8-20(2)17-24(33)30-25-28-13-14-29-31-25)9-10-22-21(3)23(11-12-26(22,4)5)32-16-15-27-18-32;1-18(8-7-9-19(2)16-23(33)27-24-28-29-30-31(24)6)10-11-21-20(3)22(12-13-25(21,4)5)32-15-14-26-17-32;1-18(7-6-8-19(2)15-23(32)29-24-27-16-28-30-24)9-10-21-20(3)22(11-12-25(21,4)5)31-14-13-26-17-31/h6-10,13-18,23H,11-12H2,1-5H3,(H,28,30,31,33);7-11,14-17,22H,12-13H2,1-6H3,(H,27,28,30,33);6-10,13-17,22H,11-12H2,1-5H3,(H2,27,28,29,30,32)/b8-6+,10-9+,19-7+,20-17+;9-7+,11-10+,18-8+,19-16+;8-6+,10-9+,18-7+,19-15+. The number of imidazole rings is 3. The molecular formula is C76H97N19O3. The van der Waals surface area contributed by atoms with Gasteiger partial charge in [-0.2, -0.15) is 15.2 Å². The molecule has 3 aliphatic carbocycles. The number of hydrogen-bond donors (Lipinski definition) is 4. The third-order valence-corrected chi connectivity index (χ3v) is 17.7. The Kier molecular flexibility index (Phi) is 27.0. The smallest absolute Gasteiger partial charge is 0.251 e. The van der Waals surface area contributed by atoms with Crippen molar-refractivity contribution in [1.82, 2.24) is 79.2 Å². The number of tetrazole rings is 1. The van der Waals surface area contributed by atoms with Crippen LogP contribution in [0.3, 0.4) is 0 Å². The van der Waals surface area contributed by atoms with Crippen LogP contribution in [0.1, 0.15) is 161 Å². The Bertz CT molecular complexity index is 4150. The highest BCUT2D eigenvalue weighted by Gasteiger charge is 2.35. The van der Waals surface area contributed by atoms with E-state index in [0.29, 0.717) is 30.0 Å². The van der Waals surface area contributed by atoms with Crippen molar-refractivity contribution in [3.8, 4) is 0 Å². The fourth-order valence-electron chi connectivity index (χ4n) is 12.2. The molecule has 0 radical (unpaired) electrons. The van der Waals surface area contributed by atoms with Gasteiger partial charge in [0, 0.05) is 62.5 Å². The van der Waals surface area contributed by atoms with E-state index in [2.05, 4.69) is 210 Å². The molecule has 0 saturated carbocycles. The highest BCUT2D eigenvalue weighted by molar-refractivity contribution is 5.99. The summed E-state index contributed by atoms with van der Waals surface area (Å²) in [7, 11) is 1.66. The molecule has 6 aromatic rings. The van der Waals surface area contributed by atoms with E-state index < -0.39 is 0 Å². The largest absolute Gasteiger partial charge is 0.330 e. The second-order valence-corrected chi connectivity index (χ2v) is 27.0. The Morgan fingerprint density at radius 3 is 1.23 bits per heavy atom. The molecule has 22 heteroatoms. The van der Waals surface area contributed by atoms with Crippen molar-refractivity contribution in [2.24, 2.45) is 23.3 Å². The molecule has 0 aliphatic heterocycles. The van der Waals surface area contributed by atoms with Gasteiger partial charge in [0.1, 0.15) is 6.33 Å². The summed E-state index contributed by atoms with van der Waals surface area (Å²) < 4.78 is 8.01. The molecule has 3 aliphatic rings. The molecule has 9 rings (SSSR count). The van der Waals surface area contributed by atoms with Gasteiger partial charge in [0.15, 0.2) is 0 Å². The SMILES string of the molecule is CC1=C(/C=C/C(C)=C/C=C/C(C)=C/C(=O)Nc2nccnn2)C(C)(C)CCC1n1ccnc1.CC1=C(/C=C/C(C)=C/C=C/C(C)=C/C(=O)Nc2ncn[nH]2)C(C)(C)CCC1n1ccnc1.CC1=C(/C=C/C(C)=C/C=C/C(C)=C/C(=O)Nc2nnnn2C)C(C)(C)CCC1n1ccnc1. The van der Waals surface area contributed by atoms with Gasteiger partial charge < -0.3 is 13.7 Å². The van der Waals surface area contributed by atoms with Gasteiger partial charge >= 0.3 is 0 Å². The zero-order valence-electron chi connectivity index (χ0n) is 59.7. The zero-order valence-corrected chi connectivity index (χ0v) is 59.7. The third-order valence-electron chi connectivity index (χ3n) is 17.7. The van der Waals surface area contributed by atoms with Crippen LogP contribution in [0.5, 0.6) is 0 Å². The van der Waals surface area contributed by atoms with E-state index in [1.54, 1.807) is 7.05 Å². The monoisotopic (exact) mass is 1320 g/mol. The maximum atomic E-state index is 12.1. The minimum Gasteiger partial charge on any atom is -0.330 e. The number of aromatic amines is 1. The number of aromatic nitrogens is 16. The number of hydrogen-bond acceptors (Lipinski definition) is 14. The Morgan fingerprint density at radius 2 is 0.898 bits per heavy atom. The lowest BCUT2D eigenvalue weighted by Gasteiger charge is -2.38. The summed E-state index contributed by atoms with van der Waals surface area (Å²) in [5, 5.41) is 32.5. The van der Waals surface area contributed by atoms with Gasteiger partial charge in [0.05, 0.1) is 49.5 Å². The van der Waals surface area contributed by atoms with Crippen LogP contribution in [0.15, 0.2) is 251 Å². The number of nitrogens with one attached hydrogen (secondary N) is 4. The Morgan fingerprint density at radius 1 is 0.500 bits per heavy atom. The molecule has 6 aromatic heterocycles. The van der Waals surface area contributed by atoms with Crippen LogP contribution >= 0.6 is 0 Å². The number of rotatable bonds is 21. The number of aryl methyl sites for hydroxylation is 1. The van der Waals surface area contributed by atoms with E-state index in [-0.39, 0.29) is 39.9 Å². The summed E-state index contributed by atoms with van der Waals surface area (Å²) in [6, 6.07) is 1.09. The van der Waals surface area contributed by atoms with E-state index >= 15 is 0 Å². The number of H-pyrrole nitrogens is 1. The highest BCUT2D eigenvalue weighted by atomic mass is 16.2. The Balaban J connectivity index is 0.000000207. The number of nitrogens with zero attached hydrogens (tertiary/aromatic N) is 15. The molecule has 0 spiro atoms. The minimum absolute atomic E-state index is 0.137. The Hall–Kier alpha value is -10.6. The van der Waals surface area contributed by atoms with Crippen LogP contribution in [-0.2, 0) is 21.4 Å². The van der Waals surface area contributed by atoms with Crippen molar-refractivity contribution in [2.45, 2.75) is 161 Å². The molecule has 0 fully saturated rings. The van der Waals surface area contributed by atoms with Crippen molar-refractivity contribution in [3.05, 3.63) is 251 Å². The summed E-state index contributed by atoms with van der Waals surface area (Å²) in [6.07, 6.45) is 63.9. The molecule has 0 bridgehead atoms. The van der Waals surface area contributed by atoms with E-state index in [9.17, 15) is 14.4 Å². The van der Waals surface area contributed by atoms with Crippen molar-refractivity contribution in [2.75, 3.05) is 16.0 Å². The van der Waals surface area contributed by atoms with Crippen LogP contribution in [0.25, 0.3) is 0 Å².